The van der Waals surface area contributed by atoms with Crippen molar-refractivity contribution in [2.75, 3.05) is 0 Å². The number of hydrogen-bond acceptors (Lipinski definition) is 6. The van der Waals surface area contributed by atoms with Crippen LogP contribution in [-0.4, -0.2) is 5.97 Å². The van der Waals surface area contributed by atoms with Crippen LogP contribution in [0.4, 0.5) is 0 Å². The quantitative estimate of drug-likeness (QED) is 0.138. The minimum Gasteiger partial charge on any atom is -0.822 e. The maximum Gasteiger partial charge on any atom is 1.00 e. The summed E-state index contributed by atoms with van der Waals surface area (Å²) in [5.41, 5.74) is 0. The molecule has 0 amide bonds. The molecule has 0 saturated carbocycles. The Labute approximate surface area is 230 Å². The van der Waals surface area contributed by atoms with Gasteiger partial charge in [-0.25, -0.2) is 0 Å². The number of carboxylic acids is 1. The second-order valence-electron chi connectivity index (χ2n) is 6.52. The molecule has 0 rings (SSSR count). The second kappa shape index (κ2) is 28.2. The smallest absolute Gasteiger partial charge is 0.822 e. The van der Waals surface area contributed by atoms with Crippen molar-refractivity contribution in [2.24, 2.45) is 0 Å². The van der Waals surface area contributed by atoms with Gasteiger partial charge in [-0.3, -0.25) is 0 Å². The van der Waals surface area contributed by atoms with Crippen LogP contribution < -0.4 is 101 Å². The summed E-state index contributed by atoms with van der Waals surface area (Å²) in [7, 11) is -5.39. The molecule has 0 aromatic carbocycles. The van der Waals surface area contributed by atoms with Gasteiger partial charge in [-0.1, -0.05) is 96.8 Å². The van der Waals surface area contributed by atoms with Crippen LogP contribution in [0.2, 0.25) is 0 Å². The van der Waals surface area contributed by atoms with Gasteiger partial charge in [0.2, 0.25) is 0 Å². The number of unbranched alkanes of at least 4 members (excludes halogenated alkanes) is 14. The van der Waals surface area contributed by atoms with E-state index in [1.54, 1.807) is 0 Å². The van der Waals surface area contributed by atoms with E-state index in [0.717, 1.165) is 12.8 Å². The Hall–Kier alpha value is 2.22. The molecule has 0 aliphatic rings. The van der Waals surface area contributed by atoms with Crippen LogP contribution >= 0.6 is 7.82 Å². The van der Waals surface area contributed by atoms with E-state index in [1.807, 2.05) is 0 Å². The van der Waals surface area contributed by atoms with E-state index in [1.165, 1.54) is 83.5 Å². The number of aliphatic carboxylic acids is 1. The zero-order chi connectivity index (χ0) is 19.4. The summed E-state index contributed by atoms with van der Waals surface area (Å²) in [6, 6.07) is 0. The van der Waals surface area contributed by atoms with Gasteiger partial charge < -0.3 is 29.1 Å². The van der Waals surface area contributed by atoms with E-state index in [-0.39, 0.29) is 87.4 Å². The summed E-state index contributed by atoms with van der Waals surface area (Å²) in [6.45, 7) is 2.27. The Kier molecular flexibility index (Phi) is 38.2. The number of carbonyl (C=O) groups excluding carboxylic acids is 1. The van der Waals surface area contributed by atoms with Crippen LogP contribution in [0.5, 0.6) is 0 Å². The van der Waals surface area contributed by atoms with Gasteiger partial charge in [0.15, 0.2) is 0 Å². The number of hydrogen-bond donors (Lipinski definition) is 0. The Morgan fingerprint density at radius 2 is 0.889 bits per heavy atom. The zero-order valence-corrected chi connectivity index (χ0v) is 23.7. The van der Waals surface area contributed by atoms with Gasteiger partial charge in [0.25, 0.3) is 0 Å². The molecule has 0 aromatic rings. The molecule has 0 fully saturated rings. The third kappa shape index (κ3) is 52.5. The van der Waals surface area contributed by atoms with Gasteiger partial charge in [0, 0.05) is 5.97 Å². The number of carboxylic acid groups (broad SMARTS) is 1. The first-order valence-corrected chi connectivity index (χ1v) is 11.2. The van der Waals surface area contributed by atoms with E-state index in [4.69, 9.17) is 19.2 Å². The Morgan fingerprint density at radius 3 is 1.11 bits per heavy atom. The summed E-state index contributed by atoms with van der Waals surface area (Å²) in [6.07, 6.45) is 19.9. The van der Waals surface area contributed by atoms with Crippen molar-refractivity contribution in [3.8, 4) is 0 Å². The molecule has 0 spiro atoms. The van der Waals surface area contributed by atoms with Crippen molar-refractivity contribution in [1.82, 2.24) is 0 Å². The average Bonchev–Trinajstić information content (AvgIpc) is 2.49. The maximum absolute atomic E-state index is 10.2. The van der Waals surface area contributed by atoms with Crippen molar-refractivity contribution >= 4 is 13.8 Å². The van der Waals surface area contributed by atoms with E-state index < -0.39 is 13.8 Å². The van der Waals surface area contributed by atoms with Crippen LogP contribution in [0.1, 0.15) is 110 Å². The molecule has 0 aromatic heterocycles. The molecule has 0 aliphatic heterocycles. The number of rotatable bonds is 16. The van der Waals surface area contributed by atoms with Gasteiger partial charge in [-0.2, -0.15) is 7.82 Å². The summed E-state index contributed by atoms with van der Waals surface area (Å²) in [4.78, 5) is 35.9. The zero-order valence-electron chi connectivity index (χ0n) is 17.7. The van der Waals surface area contributed by atoms with Crippen LogP contribution in [-0.2, 0) is 9.36 Å². The second-order valence-corrected chi connectivity index (χ2v) is 7.41. The Bertz CT molecular complexity index is 334. The Balaban J connectivity index is -0.000000333. The number of phosphoric acid groups is 1. The monoisotopic (exact) mass is 440 g/mol. The molecule has 27 heavy (non-hydrogen) atoms. The maximum atomic E-state index is 10.2. The van der Waals surface area contributed by atoms with Gasteiger partial charge in [-0.05, 0) is 12.8 Å². The van der Waals surface area contributed by atoms with Crippen LogP contribution in [0.3, 0.4) is 0 Å². The van der Waals surface area contributed by atoms with Gasteiger partial charge >= 0.3 is 80.9 Å². The molecule has 0 heterocycles. The van der Waals surface area contributed by atoms with Crippen LogP contribution in [0, 0.1) is 0 Å². The first kappa shape index (κ1) is 36.6. The van der Waals surface area contributed by atoms with E-state index in [9.17, 15) is 9.90 Å². The van der Waals surface area contributed by atoms with Gasteiger partial charge in [0.05, 0.1) is 0 Å². The molecular weight excluding hydrogens is 405 g/mol. The van der Waals surface area contributed by atoms with Crippen LogP contribution in [0.15, 0.2) is 0 Å². The third-order valence-corrected chi connectivity index (χ3v) is 3.98. The summed E-state index contributed by atoms with van der Waals surface area (Å²) < 4.78 is 8.55. The molecule has 0 bridgehead atoms. The standard InChI is InChI=1S/C18H36O2.K.Na.H3O4P/c1-2-3-4-5-6-7-8-9-10-11-12-13-14-15-16-17-18(19)20;;;1-5(2,3)4/h2-17H2,1H3,(H,19,20);;;(H3,1,2,3,4)/q;2*+1;/p-4. The average molecular weight is 441 g/mol. The van der Waals surface area contributed by atoms with Crippen LogP contribution in [0.25, 0.3) is 0 Å². The van der Waals surface area contributed by atoms with Gasteiger partial charge in [0.1, 0.15) is 0 Å². The molecule has 152 valence electrons. The fourth-order valence-corrected chi connectivity index (χ4v) is 2.64. The predicted octanol–water partition coefficient (Wildman–Crippen LogP) is -3.82. The molecule has 0 atom stereocenters. The van der Waals surface area contributed by atoms with Crippen molar-refractivity contribution in [3.63, 3.8) is 0 Å². The van der Waals surface area contributed by atoms with Crippen molar-refractivity contribution in [2.45, 2.75) is 110 Å². The summed E-state index contributed by atoms with van der Waals surface area (Å²) in [5.74, 6) is -0.903. The molecule has 0 radical (unpaired) electrons. The van der Waals surface area contributed by atoms with E-state index >= 15 is 0 Å². The topological polar surface area (TPSA) is 126 Å². The van der Waals surface area contributed by atoms with E-state index in [2.05, 4.69) is 6.92 Å². The molecule has 6 nitrogen and oxygen atoms in total. The predicted molar refractivity (Wildman–Crippen MR) is 92.2 cm³/mol. The molecule has 0 aliphatic carbocycles. The SMILES string of the molecule is CCCCCCCCCCCCCCCCCC(=O)[O-].O=P([O-])([O-])[O-].[K+].[Na+]. The molecule has 9 heteroatoms. The third-order valence-electron chi connectivity index (χ3n) is 3.98. The first-order valence-electron chi connectivity index (χ1n) is 9.70. The normalized spacial score (nSPS) is 10.2. The molecule has 0 saturated heterocycles. The minimum atomic E-state index is -5.39. The van der Waals surface area contributed by atoms with Crippen molar-refractivity contribution < 1.29 is 110 Å². The molecule has 0 N–H and O–H groups in total. The van der Waals surface area contributed by atoms with Gasteiger partial charge in [-0.15, -0.1) is 0 Å². The minimum absolute atomic E-state index is 0. The Morgan fingerprint density at radius 1 is 0.667 bits per heavy atom. The van der Waals surface area contributed by atoms with Crippen molar-refractivity contribution in [1.29, 1.82) is 0 Å². The molecule has 0 unspecified atom stereocenters. The summed E-state index contributed by atoms with van der Waals surface area (Å²) >= 11 is 0. The number of carbonyl (C=O) groups is 1. The van der Waals surface area contributed by atoms with Crippen molar-refractivity contribution in [3.05, 3.63) is 0 Å². The largest absolute Gasteiger partial charge is 1.00 e. The fourth-order valence-electron chi connectivity index (χ4n) is 2.64. The van der Waals surface area contributed by atoms with E-state index in [0.29, 0.717) is 0 Å². The first-order chi connectivity index (χ1) is 11.8. The fraction of sp³-hybridized carbons (Fsp3) is 0.944. The summed E-state index contributed by atoms with van der Waals surface area (Å²) in [5, 5.41) is 10.2. The molecular formula is C18H35KNaO6P-2.